The van der Waals surface area contributed by atoms with Crippen LogP contribution in [0.5, 0.6) is 0 Å². The first-order valence-corrected chi connectivity index (χ1v) is 16.3. The van der Waals surface area contributed by atoms with Gasteiger partial charge in [0.1, 0.15) is 0 Å². The second-order valence-corrected chi connectivity index (χ2v) is 14.0. The lowest BCUT2D eigenvalue weighted by atomic mass is 9.83. The van der Waals surface area contributed by atoms with E-state index in [9.17, 15) is 10.1 Å². The molecule has 0 heterocycles. The molecule has 4 nitrogen and oxygen atoms in total. The lowest BCUT2D eigenvalue weighted by Crippen LogP contribution is -2.34. The minimum Gasteiger partial charge on any atom is -0.380 e. The van der Waals surface area contributed by atoms with Crippen LogP contribution in [-0.4, -0.2) is 12.5 Å². The molecule has 0 saturated carbocycles. The van der Waals surface area contributed by atoms with Crippen LogP contribution in [0.2, 0.25) is 0 Å². The van der Waals surface area contributed by atoms with Crippen LogP contribution < -0.4 is 10.6 Å². The normalized spacial score (nSPS) is 11.5. The van der Waals surface area contributed by atoms with E-state index in [2.05, 4.69) is 103 Å². The summed E-state index contributed by atoms with van der Waals surface area (Å²) in [6, 6.07) is 26.5. The second kappa shape index (κ2) is 18.6. The van der Waals surface area contributed by atoms with Crippen LogP contribution in [0, 0.1) is 35.5 Å². The molecule has 3 rings (SSSR count). The fraction of sp³-hybridized carbons (Fsp3) is 0.415. The van der Waals surface area contributed by atoms with Gasteiger partial charge >= 0.3 is 0 Å². The van der Waals surface area contributed by atoms with Crippen molar-refractivity contribution in [1.82, 2.24) is 10.6 Å². The number of allylic oxidation sites excluding steroid dienone is 2. The number of aryl methyl sites for hydroxylation is 2. The van der Waals surface area contributed by atoms with Crippen molar-refractivity contribution >= 4 is 5.91 Å². The van der Waals surface area contributed by atoms with Crippen molar-refractivity contribution in [3.8, 4) is 17.2 Å². The van der Waals surface area contributed by atoms with Crippen molar-refractivity contribution < 1.29 is 4.79 Å². The first kappa shape index (κ1) is 37.1. The van der Waals surface area contributed by atoms with Crippen LogP contribution in [0.15, 0.2) is 97.2 Å². The van der Waals surface area contributed by atoms with Crippen molar-refractivity contribution in [1.29, 1.82) is 5.26 Å². The SMILES string of the molecule is C=C(CC(CCCc1ccc(-c2cccc(C#N)c2)c(C)c1)C(=C)NCC(=O)NCc1ccccc1)CC(C)(C)C.CC(C)C. The third-order valence-electron chi connectivity index (χ3n) is 7.23. The molecular formula is C41H55N3O. The van der Waals surface area contributed by atoms with E-state index < -0.39 is 0 Å². The van der Waals surface area contributed by atoms with Gasteiger partial charge < -0.3 is 10.6 Å². The van der Waals surface area contributed by atoms with Gasteiger partial charge in [-0.1, -0.05) is 121 Å². The zero-order chi connectivity index (χ0) is 33.4. The Morgan fingerprint density at radius 2 is 1.60 bits per heavy atom. The maximum Gasteiger partial charge on any atom is 0.239 e. The van der Waals surface area contributed by atoms with Gasteiger partial charge in [-0.2, -0.15) is 5.26 Å². The Hall–Kier alpha value is -4.10. The zero-order valence-corrected chi connectivity index (χ0v) is 28.8. The number of nitriles is 1. The topological polar surface area (TPSA) is 64.9 Å². The molecule has 1 amide bonds. The number of carbonyl (C=O) groups excluding carboxylic acids is 1. The Balaban J connectivity index is 0.00000166. The van der Waals surface area contributed by atoms with E-state index in [-0.39, 0.29) is 23.8 Å². The number of benzene rings is 3. The predicted octanol–water partition coefficient (Wildman–Crippen LogP) is 9.94. The highest BCUT2D eigenvalue weighted by molar-refractivity contribution is 5.78. The average Bonchev–Trinajstić information content (AvgIpc) is 2.97. The molecule has 45 heavy (non-hydrogen) atoms. The summed E-state index contributed by atoms with van der Waals surface area (Å²) in [5.74, 6) is 0.999. The Morgan fingerprint density at radius 1 is 0.911 bits per heavy atom. The first-order valence-electron chi connectivity index (χ1n) is 16.3. The average molecular weight is 606 g/mol. The predicted molar refractivity (Wildman–Crippen MR) is 192 cm³/mol. The van der Waals surface area contributed by atoms with E-state index in [1.165, 1.54) is 16.7 Å². The molecule has 240 valence electrons. The standard InChI is InChI=1S/C37H45N3O.C4H10/c1-27(23-37(4,5)6)20-33(29(3)39-26-36(41)40-25-31-12-8-7-9-13-31)16-10-14-30-18-19-35(28(2)21-30)34-17-11-15-32(22-34)24-38;1-4(2)3/h7-9,11-13,15,17-19,21-22,33,39H,1,3,10,14,16,20,23,25-26H2,2,4-6H3,(H,40,41);4H,1-3H3. The van der Waals surface area contributed by atoms with Crippen molar-refractivity contribution in [3.05, 3.63) is 119 Å². The third kappa shape index (κ3) is 15.0. The number of rotatable bonds is 14. The third-order valence-corrected chi connectivity index (χ3v) is 7.23. The van der Waals surface area contributed by atoms with Crippen molar-refractivity contribution in [2.24, 2.45) is 17.3 Å². The molecule has 0 spiro atoms. The fourth-order valence-electron chi connectivity index (χ4n) is 5.28. The van der Waals surface area contributed by atoms with E-state index in [0.717, 1.165) is 60.4 Å². The Kier molecular flexibility index (Phi) is 15.4. The van der Waals surface area contributed by atoms with E-state index in [4.69, 9.17) is 0 Å². The van der Waals surface area contributed by atoms with Crippen LogP contribution in [0.3, 0.4) is 0 Å². The first-order chi connectivity index (χ1) is 21.3. The van der Waals surface area contributed by atoms with Crippen LogP contribution >= 0.6 is 0 Å². The largest absolute Gasteiger partial charge is 0.380 e. The summed E-state index contributed by atoms with van der Waals surface area (Å²) in [5.41, 5.74) is 8.79. The van der Waals surface area contributed by atoms with Gasteiger partial charge in [0, 0.05) is 18.2 Å². The van der Waals surface area contributed by atoms with Gasteiger partial charge in [0.2, 0.25) is 5.91 Å². The highest BCUT2D eigenvalue weighted by Crippen LogP contribution is 2.31. The zero-order valence-electron chi connectivity index (χ0n) is 28.8. The molecule has 0 aliphatic rings. The number of hydrogen-bond acceptors (Lipinski definition) is 3. The minimum atomic E-state index is -0.0434. The molecule has 3 aromatic rings. The van der Waals surface area contributed by atoms with Gasteiger partial charge in [-0.15, -0.1) is 0 Å². The van der Waals surface area contributed by atoms with Gasteiger partial charge in [0.05, 0.1) is 18.2 Å². The summed E-state index contributed by atoms with van der Waals surface area (Å²) in [7, 11) is 0. The number of carbonyl (C=O) groups is 1. The number of amides is 1. The van der Waals surface area contributed by atoms with Crippen LogP contribution in [0.1, 0.15) is 89.5 Å². The van der Waals surface area contributed by atoms with E-state index in [0.29, 0.717) is 12.1 Å². The summed E-state index contributed by atoms with van der Waals surface area (Å²) in [6.07, 6.45) is 4.76. The molecule has 0 radical (unpaired) electrons. The highest BCUT2D eigenvalue weighted by Gasteiger charge is 2.19. The summed E-state index contributed by atoms with van der Waals surface area (Å²) in [5, 5.41) is 15.5. The number of nitrogens with one attached hydrogen (secondary N) is 2. The molecule has 0 aromatic heterocycles. The Bertz CT molecular complexity index is 1420. The smallest absolute Gasteiger partial charge is 0.239 e. The van der Waals surface area contributed by atoms with E-state index in [1.54, 1.807) is 0 Å². The second-order valence-electron chi connectivity index (χ2n) is 14.0. The molecule has 1 unspecified atom stereocenters. The molecular weight excluding hydrogens is 550 g/mol. The quantitative estimate of drug-likeness (QED) is 0.180. The lowest BCUT2D eigenvalue weighted by Gasteiger charge is -2.25. The van der Waals surface area contributed by atoms with Crippen LogP contribution in [-0.2, 0) is 17.8 Å². The molecule has 0 bridgehead atoms. The molecule has 0 saturated heterocycles. The summed E-state index contributed by atoms with van der Waals surface area (Å²) in [6.45, 7) is 24.8. The van der Waals surface area contributed by atoms with Gasteiger partial charge in [0.25, 0.3) is 0 Å². The monoisotopic (exact) mass is 605 g/mol. The summed E-state index contributed by atoms with van der Waals surface area (Å²) < 4.78 is 0. The maximum atomic E-state index is 12.5. The highest BCUT2D eigenvalue weighted by atomic mass is 16.1. The van der Waals surface area contributed by atoms with Crippen LogP contribution in [0.25, 0.3) is 11.1 Å². The molecule has 4 heteroatoms. The van der Waals surface area contributed by atoms with E-state index >= 15 is 0 Å². The van der Waals surface area contributed by atoms with Crippen molar-refractivity contribution in [2.75, 3.05) is 6.54 Å². The number of nitrogens with zero attached hydrogens (tertiary/aromatic N) is 1. The molecule has 1 atom stereocenters. The van der Waals surface area contributed by atoms with Crippen molar-refractivity contribution in [3.63, 3.8) is 0 Å². The minimum absolute atomic E-state index is 0.0434. The summed E-state index contributed by atoms with van der Waals surface area (Å²) in [4.78, 5) is 12.5. The van der Waals surface area contributed by atoms with Gasteiger partial charge in [0.15, 0.2) is 0 Å². The Labute approximate surface area is 273 Å². The summed E-state index contributed by atoms with van der Waals surface area (Å²) >= 11 is 0. The number of hydrogen-bond donors (Lipinski definition) is 2. The van der Waals surface area contributed by atoms with E-state index in [1.807, 2.05) is 48.5 Å². The molecule has 0 aliphatic carbocycles. The molecule has 0 fully saturated rings. The molecule has 3 aromatic carbocycles. The maximum absolute atomic E-state index is 12.5. The lowest BCUT2D eigenvalue weighted by molar-refractivity contribution is -0.120. The fourth-order valence-corrected chi connectivity index (χ4v) is 5.28. The molecule has 2 N–H and O–H groups in total. The van der Waals surface area contributed by atoms with Gasteiger partial charge in [-0.3, -0.25) is 4.79 Å². The van der Waals surface area contributed by atoms with Gasteiger partial charge in [-0.25, -0.2) is 0 Å². The van der Waals surface area contributed by atoms with Crippen molar-refractivity contribution in [2.45, 2.75) is 87.1 Å². The Morgan fingerprint density at radius 3 is 2.22 bits per heavy atom. The molecule has 0 aliphatic heterocycles. The van der Waals surface area contributed by atoms with Gasteiger partial charge in [-0.05, 0) is 90.3 Å². The van der Waals surface area contributed by atoms with Crippen LogP contribution in [0.4, 0.5) is 0 Å².